The van der Waals surface area contributed by atoms with Crippen LogP contribution in [0.25, 0.3) is 0 Å². The lowest BCUT2D eigenvalue weighted by molar-refractivity contribution is 0.144. The van der Waals surface area contributed by atoms with Crippen LogP contribution in [0.1, 0.15) is 30.9 Å². The van der Waals surface area contributed by atoms with Gasteiger partial charge in [0.25, 0.3) is 0 Å². The zero-order valence-electron chi connectivity index (χ0n) is 8.59. The largest absolute Gasteiger partial charge is 0.490 e. The Morgan fingerprint density at radius 3 is 2.87 bits per heavy atom. The third-order valence-corrected chi connectivity index (χ3v) is 3.64. The van der Waals surface area contributed by atoms with Gasteiger partial charge >= 0.3 is 0 Å². The van der Waals surface area contributed by atoms with Gasteiger partial charge in [-0.3, -0.25) is 0 Å². The zero-order chi connectivity index (χ0) is 10.6. The van der Waals surface area contributed by atoms with E-state index in [9.17, 15) is 5.11 Å². The third kappa shape index (κ3) is 1.49. The van der Waals surface area contributed by atoms with E-state index in [0.29, 0.717) is 0 Å². The van der Waals surface area contributed by atoms with Crippen molar-refractivity contribution in [1.29, 1.82) is 0 Å². The van der Waals surface area contributed by atoms with Crippen molar-refractivity contribution in [3.05, 3.63) is 27.7 Å². The summed E-state index contributed by atoms with van der Waals surface area (Å²) in [6, 6.07) is 4.08. The molecule has 1 unspecified atom stereocenters. The van der Waals surface area contributed by atoms with E-state index in [2.05, 4.69) is 28.9 Å². The van der Waals surface area contributed by atoms with Gasteiger partial charge in [-0.05, 0) is 37.5 Å². The fourth-order valence-corrected chi connectivity index (χ4v) is 2.73. The lowest BCUT2D eigenvalue weighted by Gasteiger charge is -2.14. The molecular weight excluding hydrogens is 256 g/mol. The molecule has 0 aromatic heterocycles. The number of benzene rings is 1. The second kappa shape index (κ2) is 2.98. The molecule has 80 valence electrons. The lowest BCUT2D eigenvalue weighted by Crippen LogP contribution is -2.09. The highest BCUT2D eigenvalue weighted by molar-refractivity contribution is 9.10. The van der Waals surface area contributed by atoms with Gasteiger partial charge < -0.3 is 9.84 Å². The number of ether oxygens (including phenoxy) is 1. The number of hydrogen-bond donors (Lipinski definition) is 1. The molecule has 3 rings (SSSR count). The number of aliphatic hydroxyl groups is 1. The number of fused-ring (bicyclic) bond motifs is 1. The van der Waals surface area contributed by atoms with Crippen LogP contribution in [0, 0.1) is 0 Å². The Kier molecular flexibility index (Phi) is 1.92. The van der Waals surface area contributed by atoms with Crippen LogP contribution in [0.15, 0.2) is 16.6 Å². The Balaban J connectivity index is 2.15. The predicted octanol–water partition coefficient (Wildman–Crippen LogP) is 2.75. The first kappa shape index (κ1) is 9.67. The Labute approximate surface area is 97.4 Å². The molecule has 0 amide bonds. The lowest BCUT2D eigenvalue weighted by atomic mass is 10.0. The first-order valence-corrected chi connectivity index (χ1v) is 6.10. The van der Waals surface area contributed by atoms with E-state index >= 15 is 0 Å². The Morgan fingerprint density at radius 1 is 1.47 bits per heavy atom. The molecule has 1 saturated carbocycles. The maximum Gasteiger partial charge on any atom is 0.129 e. The predicted molar refractivity (Wildman–Crippen MR) is 61.1 cm³/mol. The molecular formula is C12H13BrO2. The molecule has 3 heteroatoms. The van der Waals surface area contributed by atoms with Crippen LogP contribution in [-0.2, 0) is 12.0 Å². The van der Waals surface area contributed by atoms with Crippen molar-refractivity contribution >= 4 is 15.9 Å². The van der Waals surface area contributed by atoms with Crippen LogP contribution in [-0.4, -0.2) is 11.2 Å². The summed E-state index contributed by atoms with van der Waals surface area (Å²) < 4.78 is 6.81. The number of halogens is 1. The van der Waals surface area contributed by atoms with E-state index in [0.717, 1.165) is 35.0 Å². The van der Waals surface area contributed by atoms with Gasteiger partial charge in [0.15, 0.2) is 0 Å². The average Bonchev–Trinajstić information content (AvgIpc) is 2.78. The van der Waals surface area contributed by atoms with Crippen molar-refractivity contribution in [3.8, 4) is 5.75 Å². The monoisotopic (exact) mass is 268 g/mol. The normalized spacial score (nSPS) is 25.9. The number of rotatable bonds is 1. The summed E-state index contributed by atoms with van der Waals surface area (Å²) in [6.45, 7) is 2.06. The van der Waals surface area contributed by atoms with Gasteiger partial charge in [0, 0.05) is 16.5 Å². The van der Waals surface area contributed by atoms with Gasteiger partial charge in [0.1, 0.15) is 11.9 Å². The molecule has 0 spiro atoms. The van der Waals surface area contributed by atoms with Crippen molar-refractivity contribution in [1.82, 2.24) is 0 Å². The molecule has 1 atom stereocenters. The Hall–Kier alpha value is -0.540. The molecule has 1 aromatic carbocycles. The summed E-state index contributed by atoms with van der Waals surface area (Å²) in [4.78, 5) is 0. The summed E-state index contributed by atoms with van der Waals surface area (Å²) >= 11 is 3.49. The van der Waals surface area contributed by atoms with E-state index < -0.39 is 5.60 Å². The smallest absolute Gasteiger partial charge is 0.129 e. The van der Waals surface area contributed by atoms with Crippen LogP contribution in [0.3, 0.4) is 0 Å². The molecule has 1 heterocycles. The van der Waals surface area contributed by atoms with E-state index in [1.165, 1.54) is 5.56 Å². The Bertz CT molecular complexity index is 424. The molecule has 1 aliphatic carbocycles. The first-order valence-electron chi connectivity index (χ1n) is 5.30. The van der Waals surface area contributed by atoms with E-state index in [1.54, 1.807) is 0 Å². The molecule has 1 N–H and O–H groups in total. The SMILES string of the molecule is CC1Cc2cc(Br)cc(C3(O)CC3)c2O1. The fraction of sp³-hybridized carbons (Fsp3) is 0.500. The van der Waals surface area contributed by atoms with Crippen LogP contribution in [0.5, 0.6) is 5.75 Å². The first-order chi connectivity index (χ1) is 7.08. The van der Waals surface area contributed by atoms with Crippen molar-refractivity contribution in [2.45, 2.75) is 37.9 Å². The van der Waals surface area contributed by atoms with Crippen LogP contribution < -0.4 is 4.74 Å². The Morgan fingerprint density at radius 2 is 2.20 bits per heavy atom. The van der Waals surface area contributed by atoms with Crippen molar-refractivity contribution in [2.24, 2.45) is 0 Å². The van der Waals surface area contributed by atoms with Crippen LogP contribution in [0.4, 0.5) is 0 Å². The van der Waals surface area contributed by atoms with Gasteiger partial charge in [-0.25, -0.2) is 0 Å². The zero-order valence-corrected chi connectivity index (χ0v) is 10.2. The third-order valence-electron chi connectivity index (χ3n) is 3.18. The summed E-state index contributed by atoms with van der Waals surface area (Å²) in [5.74, 6) is 0.922. The molecule has 1 fully saturated rings. The maximum atomic E-state index is 10.2. The van der Waals surface area contributed by atoms with Crippen molar-refractivity contribution < 1.29 is 9.84 Å². The number of hydrogen-bond acceptors (Lipinski definition) is 2. The molecule has 1 aromatic rings. The van der Waals surface area contributed by atoms with Gasteiger partial charge in [-0.15, -0.1) is 0 Å². The molecule has 15 heavy (non-hydrogen) atoms. The van der Waals surface area contributed by atoms with Gasteiger partial charge in [0.2, 0.25) is 0 Å². The van der Waals surface area contributed by atoms with E-state index in [1.807, 2.05) is 6.07 Å². The van der Waals surface area contributed by atoms with E-state index in [4.69, 9.17) is 4.74 Å². The fourth-order valence-electron chi connectivity index (χ4n) is 2.23. The highest BCUT2D eigenvalue weighted by Gasteiger charge is 2.46. The summed E-state index contributed by atoms with van der Waals surface area (Å²) in [6.07, 6.45) is 2.88. The molecule has 0 saturated heterocycles. The van der Waals surface area contributed by atoms with Crippen molar-refractivity contribution in [2.75, 3.05) is 0 Å². The minimum atomic E-state index is -0.613. The van der Waals surface area contributed by atoms with Gasteiger partial charge in [0.05, 0.1) is 5.60 Å². The van der Waals surface area contributed by atoms with E-state index in [-0.39, 0.29) is 6.10 Å². The highest BCUT2D eigenvalue weighted by atomic mass is 79.9. The summed E-state index contributed by atoms with van der Waals surface area (Å²) in [7, 11) is 0. The summed E-state index contributed by atoms with van der Waals surface area (Å²) in [5, 5.41) is 10.2. The minimum absolute atomic E-state index is 0.232. The average molecular weight is 269 g/mol. The summed E-state index contributed by atoms with van der Waals surface area (Å²) in [5.41, 5.74) is 1.57. The molecule has 0 bridgehead atoms. The maximum absolute atomic E-state index is 10.2. The standard InChI is InChI=1S/C12H13BrO2/c1-7-4-8-5-9(13)6-10(11(8)15-7)12(14)2-3-12/h5-7,14H,2-4H2,1H3. The van der Waals surface area contributed by atoms with Gasteiger partial charge in [-0.2, -0.15) is 0 Å². The molecule has 1 aliphatic heterocycles. The molecule has 2 aliphatic rings. The van der Waals surface area contributed by atoms with Crippen molar-refractivity contribution in [3.63, 3.8) is 0 Å². The second-order valence-electron chi connectivity index (χ2n) is 4.61. The second-order valence-corrected chi connectivity index (χ2v) is 5.52. The van der Waals surface area contributed by atoms with Crippen LogP contribution >= 0.6 is 15.9 Å². The minimum Gasteiger partial charge on any atom is -0.490 e. The molecule has 2 nitrogen and oxygen atoms in total. The van der Waals surface area contributed by atoms with Crippen LogP contribution in [0.2, 0.25) is 0 Å². The van der Waals surface area contributed by atoms with Gasteiger partial charge in [-0.1, -0.05) is 15.9 Å². The highest BCUT2D eigenvalue weighted by Crippen LogP contribution is 2.51. The molecule has 0 radical (unpaired) electrons. The topological polar surface area (TPSA) is 29.5 Å². The quantitative estimate of drug-likeness (QED) is 0.849.